The van der Waals surface area contributed by atoms with Gasteiger partial charge in [0, 0.05) is 48.4 Å². The van der Waals surface area contributed by atoms with Gasteiger partial charge in [-0.2, -0.15) is 0 Å². The van der Waals surface area contributed by atoms with Gasteiger partial charge in [-0.15, -0.1) is 0 Å². The van der Waals surface area contributed by atoms with Gasteiger partial charge >= 0.3 is 0 Å². The molecule has 0 aromatic heterocycles. The van der Waals surface area contributed by atoms with Crippen LogP contribution in [-0.4, -0.2) is 50.1 Å². The molecular formula is C13H17ClIN3O. The standard InChI is InChI=1S/C13H17ClIN3O/c14-11-2-1-10(9-12(11)15)13(19)17-5-8-18-6-3-16-4-7-18/h1-2,9,16H,3-8H2,(H,17,19). The highest BCUT2D eigenvalue weighted by Crippen LogP contribution is 2.19. The van der Waals surface area contributed by atoms with Crippen molar-refractivity contribution in [2.75, 3.05) is 39.3 Å². The summed E-state index contributed by atoms with van der Waals surface area (Å²) < 4.78 is 0.897. The fourth-order valence-corrected chi connectivity index (χ4v) is 2.63. The van der Waals surface area contributed by atoms with E-state index in [1.54, 1.807) is 12.1 Å². The van der Waals surface area contributed by atoms with Gasteiger partial charge in [0.1, 0.15) is 0 Å². The van der Waals surface area contributed by atoms with Crippen LogP contribution in [0.4, 0.5) is 0 Å². The maximum absolute atomic E-state index is 12.0. The Morgan fingerprint density at radius 3 is 2.84 bits per heavy atom. The number of amides is 1. The Labute approximate surface area is 132 Å². The lowest BCUT2D eigenvalue weighted by molar-refractivity contribution is 0.0947. The molecular weight excluding hydrogens is 377 g/mol. The normalized spacial score (nSPS) is 16.3. The SMILES string of the molecule is O=C(NCCN1CCNCC1)c1ccc(Cl)c(I)c1. The summed E-state index contributed by atoms with van der Waals surface area (Å²) in [4.78, 5) is 14.3. The molecule has 1 aliphatic rings. The predicted octanol–water partition coefficient (Wildman–Crippen LogP) is 1.58. The first-order valence-corrected chi connectivity index (χ1v) is 7.79. The van der Waals surface area contributed by atoms with Crippen molar-refractivity contribution in [2.24, 2.45) is 0 Å². The van der Waals surface area contributed by atoms with E-state index in [9.17, 15) is 4.79 Å². The molecule has 104 valence electrons. The lowest BCUT2D eigenvalue weighted by Gasteiger charge is -2.27. The third-order valence-corrected chi connectivity index (χ3v) is 4.65. The maximum Gasteiger partial charge on any atom is 0.251 e. The largest absolute Gasteiger partial charge is 0.351 e. The second-order valence-corrected chi connectivity index (χ2v) is 6.05. The van der Waals surface area contributed by atoms with Crippen LogP contribution in [0.5, 0.6) is 0 Å². The minimum absolute atomic E-state index is 0.0373. The molecule has 1 amide bonds. The lowest BCUT2D eigenvalue weighted by Crippen LogP contribution is -2.46. The monoisotopic (exact) mass is 393 g/mol. The van der Waals surface area contributed by atoms with E-state index < -0.39 is 0 Å². The van der Waals surface area contributed by atoms with Crippen molar-refractivity contribution in [3.63, 3.8) is 0 Å². The molecule has 0 unspecified atom stereocenters. The van der Waals surface area contributed by atoms with Gasteiger partial charge in [0.25, 0.3) is 5.91 Å². The van der Waals surface area contributed by atoms with Gasteiger partial charge in [0.2, 0.25) is 0 Å². The van der Waals surface area contributed by atoms with Crippen molar-refractivity contribution in [3.05, 3.63) is 32.4 Å². The first kappa shape index (κ1) is 15.0. The van der Waals surface area contributed by atoms with Crippen molar-refractivity contribution in [3.8, 4) is 0 Å². The van der Waals surface area contributed by atoms with Crippen LogP contribution in [0.25, 0.3) is 0 Å². The van der Waals surface area contributed by atoms with E-state index >= 15 is 0 Å². The van der Waals surface area contributed by atoms with Gasteiger partial charge in [-0.1, -0.05) is 11.6 Å². The molecule has 1 aromatic rings. The summed E-state index contributed by atoms with van der Waals surface area (Å²) in [5.41, 5.74) is 0.661. The Balaban J connectivity index is 1.78. The van der Waals surface area contributed by atoms with Crippen molar-refractivity contribution in [1.29, 1.82) is 0 Å². The smallest absolute Gasteiger partial charge is 0.251 e. The maximum atomic E-state index is 12.0. The molecule has 4 nitrogen and oxygen atoms in total. The molecule has 0 bridgehead atoms. The zero-order chi connectivity index (χ0) is 13.7. The summed E-state index contributed by atoms with van der Waals surface area (Å²) in [5.74, 6) is -0.0373. The van der Waals surface area contributed by atoms with Crippen LogP contribution in [0, 0.1) is 3.57 Å². The average molecular weight is 394 g/mol. The molecule has 1 aliphatic heterocycles. The van der Waals surface area contributed by atoms with E-state index in [4.69, 9.17) is 11.6 Å². The summed E-state index contributed by atoms with van der Waals surface area (Å²) >= 11 is 8.07. The van der Waals surface area contributed by atoms with Crippen LogP contribution in [0.2, 0.25) is 5.02 Å². The minimum Gasteiger partial charge on any atom is -0.351 e. The summed E-state index contributed by atoms with van der Waals surface area (Å²) in [6.45, 7) is 5.74. The van der Waals surface area contributed by atoms with Crippen LogP contribution in [0.3, 0.4) is 0 Å². The topological polar surface area (TPSA) is 44.4 Å². The molecule has 2 N–H and O–H groups in total. The molecule has 0 aliphatic carbocycles. The van der Waals surface area contributed by atoms with Gasteiger partial charge in [-0.05, 0) is 40.8 Å². The Morgan fingerprint density at radius 1 is 1.42 bits per heavy atom. The predicted molar refractivity (Wildman–Crippen MR) is 85.8 cm³/mol. The van der Waals surface area contributed by atoms with Crippen molar-refractivity contribution in [1.82, 2.24) is 15.5 Å². The number of piperazine rings is 1. The van der Waals surface area contributed by atoms with Crippen LogP contribution >= 0.6 is 34.2 Å². The number of carbonyl (C=O) groups excluding carboxylic acids is 1. The molecule has 0 radical (unpaired) electrons. The van der Waals surface area contributed by atoms with E-state index in [1.807, 2.05) is 6.07 Å². The first-order chi connectivity index (χ1) is 9.16. The minimum atomic E-state index is -0.0373. The van der Waals surface area contributed by atoms with Crippen molar-refractivity contribution < 1.29 is 4.79 Å². The van der Waals surface area contributed by atoms with Crippen LogP contribution in [0.15, 0.2) is 18.2 Å². The zero-order valence-corrected chi connectivity index (χ0v) is 13.5. The highest BCUT2D eigenvalue weighted by atomic mass is 127. The van der Waals surface area contributed by atoms with Gasteiger partial charge in [-0.25, -0.2) is 0 Å². The summed E-state index contributed by atoms with van der Waals surface area (Å²) in [7, 11) is 0. The van der Waals surface area contributed by atoms with E-state index in [0.29, 0.717) is 17.1 Å². The third kappa shape index (κ3) is 4.59. The highest BCUT2D eigenvalue weighted by Gasteiger charge is 2.10. The molecule has 19 heavy (non-hydrogen) atoms. The first-order valence-electron chi connectivity index (χ1n) is 6.33. The van der Waals surface area contributed by atoms with Crippen LogP contribution in [-0.2, 0) is 0 Å². The summed E-state index contributed by atoms with van der Waals surface area (Å²) in [6.07, 6.45) is 0. The van der Waals surface area contributed by atoms with Crippen LogP contribution < -0.4 is 10.6 Å². The molecule has 0 spiro atoms. The molecule has 6 heteroatoms. The molecule has 1 saturated heterocycles. The molecule has 2 rings (SSSR count). The molecule has 0 saturated carbocycles. The molecule has 1 fully saturated rings. The third-order valence-electron chi connectivity index (χ3n) is 3.10. The number of hydrogen-bond donors (Lipinski definition) is 2. The Kier molecular flexibility index (Phi) is 5.87. The number of halogens is 2. The average Bonchev–Trinajstić information content (AvgIpc) is 2.43. The zero-order valence-electron chi connectivity index (χ0n) is 10.6. The second kappa shape index (κ2) is 7.42. The lowest BCUT2D eigenvalue weighted by atomic mass is 10.2. The number of nitrogens with one attached hydrogen (secondary N) is 2. The fraction of sp³-hybridized carbons (Fsp3) is 0.462. The quantitative estimate of drug-likeness (QED) is 0.764. The number of carbonyl (C=O) groups is 1. The summed E-state index contributed by atoms with van der Waals surface area (Å²) in [5, 5.41) is 6.93. The molecule has 1 aromatic carbocycles. The van der Waals surface area contributed by atoms with Gasteiger partial charge in [0.05, 0.1) is 5.02 Å². The van der Waals surface area contributed by atoms with Gasteiger partial charge < -0.3 is 10.6 Å². The second-order valence-electron chi connectivity index (χ2n) is 4.48. The van der Waals surface area contributed by atoms with Crippen LogP contribution in [0.1, 0.15) is 10.4 Å². The number of benzene rings is 1. The van der Waals surface area contributed by atoms with Crippen molar-refractivity contribution in [2.45, 2.75) is 0 Å². The van der Waals surface area contributed by atoms with Gasteiger partial charge in [-0.3, -0.25) is 9.69 Å². The van der Waals surface area contributed by atoms with E-state index in [-0.39, 0.29) is 5.91 Å². The molecule has 0 atom stereocenters. The highest BCUT2D eigenvalue weighted by molar-refractivity contribution is 14.1. The summed E-state index contributed by atoms with van der Waals surface area (Å²) in [6, 6.07) is 5.32. The molecule has 1 heterocycles. The Hall–Kier alpha value is -0.370. The Morgan fingerprint density at radius 2 is 2.16 bits per heavy atom. The fourth-order valence-electron chi connectivity index (χ4n) is 2.00. The Bertz CT molecular complexity index is 450. The number of hydrogen-bond acceptors (Lipinski definition) is 3. The van der Waals surface area contributed by atoms with E-state index in [2.05, 4.69) is 38.1 Å². The van der Waals surface area contributed by atoms with Crippen molar-refractivity contribution >= 4 is 40.1 Å². The number of nitrogens with zero attached hydrogens (tertiary/aromatic N) is 1. The van der Waals surface area contributed by atoms with E-state index in [0.717, 1.165) is 36.3 Å². The number of rotatable bonds is 4. The van der Waals surface area contributed by atoms with Gasteiger partial charge in [0.15, 0.2) is 0 Å². The van der Waals surface area contributed by atoms with E-state index in [1.165, 1.54) is 0 Å².